The number of fused-ring (bicyclic) bond motifs is 1. The third-order valence-electron chi connectivity index (χ3n) is 4.45. The Bertz CT molecular complexity index is 753. The van der Waals surface area contributed by atoms with Gasteiger partial charge in [-0.25, -0.2) is 0 Å². The summed E-state index contributed by atoms with van der Waals surface area (Å²) >= 11 is 0. The van der Waals surface area contributed by atoms with Gasteiger partial charge in [-0.1, -0.05) is 12.1 Å². The summed E-state index contributed by atoms with van der Waals surface area (Å²) < 4.78 is 42.9. The van der Waals surface area contributed by atoms with Gasteiger partial charge in [0.1, 0.15) is 11.3 Å². The van der Waals surface area contributed by atoms with Crippen LogP contribution in [0, 0.1) is 0 Å². The van der Waals surface area contributed by atoms with Gasteiger partial charge in [0.25, 0.3) is 0 Å². The Kier molecular flexibility index (Phi) is 4.34. The summed E-state index contributed by atoms with van der Waals surface area (Å²) in [6.45, 7) is 0.216. The molecule has 1 amide bonds. The molecule has 1 aromatic heterocycles. The fourth-order valence-corrected chi connectivity index (χ4v) is 3.26. The number of carbonyl (C=O) groups is 1. The predicted octanol–water partition coefficient (Wildman–Crippen LogP) is 3.51. The Hall–Kier alpha value is -2.31. The minimum atomic E-state index is -4.80. The first-order chi connectivity index (χ1) is 11.4. The second-order valence-electron chi connectivity index (χ2n) is 5.82. The highest BCUT2D eigenvalue weighted by Crippen LogP contribution is 2.35. The van der Waals surface area contributed by atoms with Gasteiger partial charge in [0.05, 0.1) is 7.11 Å². The predicted molar refractivity (Wildman–Crippen MR) is 82.9 cm³/mol. The van der Waals surface area contributed by atoms with Crippen LogP contribution in [0.4, 0.5) is 13.2 Å². The van der Waals surface area contributed by atoms with E-state index in [0.717, 1.165) is 21.4 Å². The summed E-state index contributed by atoms with van der Waals surface area (Å²) in [4.78, 5) is 16.6. The quantitative estimate of drug-likeness (QED) is 0.841. The molecule has 0 N–H and O–H groups in total. The zero-order valence-corrected chi connectivity index (χ0v) is 13.1. The number of nitrogens with zero attached hydrogens (tertiary/aromatic N) is 2. The number of benzene rings is 1. The van der Waals surface area contributed by atoms with E-state index in [-0.39, 0.29) is 19.0 Å². The molecule has 7 heteroatoms. The standard InChI is InChI=1S/C17H17F3N2O2/c1-24-14-4-2-3-13-12(5-8-21-15(13)14)11-6-9-22(10-7-11)16(23)17(18,19)20/h2-5,8,11H,6-7,9-10H2,1H3. The zero-order chi connectivity index (χ0) is 17.3. The van der Waals surface area contributed by atoms with Crippen LogP contribution in [0.5, 0.6) is 5.75 Å². The van der Waals surface area contributed by atoms with Crippen molar-refractivity contribution in [1.29, 1.82) is 0 Å². The second-order valence-corrected chi connectivity index (χ2v) is 5.82. The Morgan fingerprint density at radius 1 is 1.25 bits per heavy atom. The molecule has 0 spiro atoms. The van der Waals surface area contributed by atoms with Crippen LogP contribution in [0.25, 0.3) is 10.9 Å². The highest BCUT2D eigenvalue weighted by Gasteiger charge is 2.43. The maximum absolute atomic E-state index is 12.5. The third-order valence-corrected chi connectivity index (χ3v) is 4.45. The van der Waals surface area contributed by atoms with Crippen molar-refractivity contribution in [3.05, 3.63) is 36.0 Å². The van der Waals surface area contributed by atoms with Gasteiger partial charge in [-0.3, -0.25) is 9.78 Å². The average Bonchev–Trinajstić information content (AvgIpc) is 2.59. The maximum atomic E-state index is 12.5. The normalized spacial score (nSPS) is 16.4. The number of carbonyl (C=O) groups excluding carboxylic acids is 1. The molecular weight excluding hydrogens is 321 g/mol. The monoisotopic (exact) mass is 338 g/mol. The molecule has 4 nitrogen and oxygen atoms in total. The lowest BCUT2D eigenvalue weighted by molar-refractivity contribution is -0.186. The molecule has 0 atom stereocenters. The molecule has 1 aliphatic heterocycles. The fourth-order valence-electron chi connectivity index (χ4n) is 3.26. The number of para-hydroxylation sites is 1. The van der Waals surface area contributed by atoms with Gasteiger partial charge in [0, 0.05) is 24.7 Å². The number of hydrogen-bond donors (Lipinski definition) is 0. The number of alkyl halides is 3. The molecule has 0 unspecified atom stereocenters. The van der Waals surface area contributed by atoms with Crippen molar-refractivity contribution >= 4 is 16.8 Å². The van der Waals surface area contributed by atoms with Crippen LogP contribution in [-0.4, -0.2) is 42.2 Å². The van der Waals surface area contributed by atoms with Crippen molar-refractivity contribution in [2.24, 2.45) is 0 Å². The highest BCUT2D eigenvalue weighted by molar-refractivity contribution is 5.87. The minimum absolute atomic E-state index is 0.0971. The van der Waals surface area contributed by atoms with Gasteiger partial charge < -0.3 is 9.64 Å². The van der Waals surface area contributed by atoms with Crippen LogP contribution in [0.1, 0.15) is 24.3 Å². The van der Waals surface area contributed by atoms with Crippen molar-refractivity contribution < 1.29 is 22.7 Å². The molecule has 0 aliphatic carbocycles. The van der Waals surface area contributed by atoms with Crippen molar-refractivity contribution in [3.63, 3.8) is 0 Å². The molecule has 2 heterocycles. The molecule has 1 saturated heterocycles. The van der Waals surface area contributed by atoms with E-state index in [2.05, 4.69) is 4.98 Å². The van der Waals surface area contributed by atoms with E-state index < -0.39 is 12.1 Å². The van der Waals surface area contributed by atoms with E-state index in [1.165, 1.54) is 0 Å². The number of likely N-dealkylation sites (tertiary alicyclic amines) is 1. The topological polar surface area (TPSA) is 42.4 Å². The molecule has 0 saturated carbocycles. The van der Waals surface area contributed by atoms with Crippen LogP contribution in [0.2, 0.25) is 0 Å². The summed E-state index contributed by atoms with van der Waals surface area (Å²) in [6.07, 6.45) is -2.12. The first-order valence-electron chi connectivity index (χ1n) is 7.69. The second kappa shape index (κ2) is 6.30. The molecular formula is C17H17F3N2O2. The summed E-state index contributed by atoms with van der Waals surface area (Å²) in [7, 11) is 1.57. The number of methoxy groups -OCH3 is 1. The SMILES string of the molecule is COc1cccc2c(C3CCN(C(=O)C(F)(F)F)CC3)ccnc12. The number of rotatable bonds is 2. The zero-order valence-electron chi connectivity index (χ0n) is 13.1. The minimum Gasteiger partial charge on any atom is -0.494 e. The molecule has 128 valence electrons. The summed E-state index contributed by atoms with van der Waals surface area (Å²) in [5.74, 6) is -0.985. The maximum Gasteiger partial charge on any atom is 0.471 e. The smallest absolute Gasteiger partial charge is 0.471 e. The van der Waals surface area contributed by atoms with Crippen LogP contribution in [-0.2, 0) is 4.79 Å². The average molecular weight is 338 g/mol. The van der Waals surface area contributed by atoms with E-state index in [1.807, 2.05) is 24.3 Å². The largest absolute Gasteiger partial charge is 0.494 e. The van der Waals surface area contributed by atoms with E-state index in [0.29, 0.717) is 18.6 Å². The molecule has 0 bridgehead atoms. The third kappa shape index (κ3) is 3.02. The van der Waals surface area contributed by atoms with Crippen molar-refractivity contribution in [1.82, 2.24) is 9.88 Å². The lowest BCUT2D eigenvalue weighted by atomic mass is 9.87. The van der Waals surface area contributed by atoms with E-state index in [9.17, 15) is 18.0 Å². The first-order valence-corrected chi connectivity index (χ1v) is 7.69. The van der Waals surface area contributed by atoms with Gasteiger partial charge in [-0.2, -0.15) is 13.2 Å². The molecule has 1 aromatic carbocycles. The van der Waals surface area contributed by atoms with Crippen LogP contribution < -0.4 is 4.74 Å². The Balaban J connectivity index is 1.83. The van der Waals surface area contributed by atoms with E-state index in [4.69, 9.17) is 4.74 Å². The highest BCUT2D eigenvalue weighted by atomic mass is 19.4. The number of hydrogen-bond acceptors (Lipinski definition) is 3. The number of pyridine rings is 1. The molecule has 1 fully saturated rings. The number of halogens is 3. The Morgan fingerprint density at radius 2 is 1.96 bits per heavy atom. The van der Waals surface area contributed by atoms with Crippen molar-refractivity contribution in [2.75, 3.05) is 20.2 Å². The number of piperidine rings is 1. The Labute approximate surface area is 137 Å². The van der Waals surface area contributed by atoms with Gasteiger partial charge in [0.2, 0.25) is 0 Å². The van der Waals surface area contributed by atoms with Gasteiger partial charge in [-0.05, 0) is 36.5 Å². The number of aromatic nitrogens is 1. The number of ether oxygens (including phenoxy) is 1. The summed E-state index contributed by atoms with van der Waals surface area (Å²) in [6, 6.07) is 7.53. The lowest BCUT2D eigenvalue weighted by Gasteiger charge is -2.33. The van der Waals surface area contributed by atoms with Gasteiger partial charge in [0.15, 0.2) is 0 Å². The van der Waals surface area contributed by atoms with Gasteiger partial charge >= 0.3 is 12.1 Å². The molecule has 24 heavy (non-hydrogen) atoms. The van der Waals surface area contributed by atoms with Crippen LogP contribution in [0.15, 0.2) is 30.5 Å². The molecule has 2 aromatic rings. The van der Waals surface area contributed by atoms with E-state index in [1.54, 1.807) is 13.3 Å². The lowest BCUT2D eigenvalue weighted by Crippen LogP contribution is -2.45. The fraction of sp³-hybridized carbons (Fsp3) is 0.412. The molecule has 0 radical (unpaired) electrons. The van der Waals surface area contributed by atoms with Crippen LogP contribution in [0.3, 0.4) is 0 Å². The van der Waals surface area contributed by atoms with Crippen LogP contribution >= 0.6 is 0 Å². The van der Waals surface area contributed by atoms with Crippen molar-refractivity contribution in [2.45, 2.75) is 24.9 Å². The Morgan fingerprint density at radius 3 is 2.58 bits per heavy atom. The van der Waals surface area contributed by atoms with E-state index >= 15 is 0 Å². The number of amides is 1. The molecule has 3 rings (SSSR count). The summed E-state index contributed by atoms with van der Waals surface area (Å²) in [5.41, 5.74) is 1.78. The first kappa shape index (κ1) is 16.5. The summed E-state index contributed by atoms with van der Waals surface area (Å²) in [5, 5.41) is 0.942. The van der Waals surface area contributed by atoms with Gasteiger partial charge in [-0.15, -0.1) is 0 Å². The van der Waals surface area contributed by atoms with Crippen molar-refractivity contribution in [3.8, 4) is 5.75 Å². The molecule has 1 aliphatic rings.